The lowest BCUT2D eigenvalue weighted by Crippen LogP contribution is -2.03. The molecule has 0 saturated heterocycles. The van der Waals surface area contributed by atoms with Crippen LogP contribution in [0, 0.1) is 0 Å². The molecule has 0 aliphatic heterocycles. The Morgan fingerprint density at radius 3 is 1.88 bits per heavy atom. The lowest BCUT2D eigenvalue weighted by atomic mass is 10.1. The molecule has 5 heteroatoms. The number of allylic oxidation sites excluding steroid dienone is 1. The summed E-state index contributed by atoms with van der Waals surface area (Å²) in [6.45, 7) is 8.57. The predicted molar refractivity (Wildman–Crippen MR) is 179 cm³/mol. The van der Waals surface area contributed by atoms with Crippen molar-refractivity contribution >= 4 is 68.5 Å². The minimum atomic E-state index is 0.433. The van der Waals surface area contributed by atoms with E-state index in [1.54, 1.807) is 0 Å². The van der Waals surface area contributed by atoms with E-state index in [4.69, 9.17) is 4.99 Å². The van der Waals surface area contributed by atoms with Gasteiger partial charge < -0.3 is 9.13 Å². The zero-order chi connectivity index (χ0) is 28.5. The molecule has 0 fully saturated rings. The van der Waals surface area contributed by atoms with Crippen LogP contribution in [0.3, 0.4) is 0 Å². The molecule has 5 nitrogen and oxygen atoms in total. The molecule has 0 saturated carbocycles. The second-order valence-corrected chi connectivity index (χ2v) is 10.2. The highest BCUT2D eigenvalue weighted by Crippen LogP contribution is 2.39. The molecule has 2 heterocycles. The second-order valence-electron chi connectivity index (χ2n) is 10.2. The first kappa shape index (κ1) is 25.4. The molecule has 0 radical (unpaired) electrons. The average molecular weight is 544 g/mol. The van der Waals surface area contributed by atoms with E-state index in [0.29, 0.717) is 13.3 Å². The van der Waals surface area contributed by atoms with Crippen LogP contribution in [-0.4, -0.2) is 28.3 Å². The summed E-state index contributed by atoms with van der Waals surface area (Å²) >= 11 is 0. The monoisotopic (exact) mass is 543 g/mol. The molecule has 0 spiro atoms. The summed E-state index contributed by atoms with van der Waals surface area (Å²) in [4.78, 5) is 13.9. The zero-order valence-electron chi connectivity index (χ0n) is 23.2. The van der Waals surface area contributed by atoms with Gasteiger partial charge in [-0.2, -0.15) is 0 Å². The van der Waals surface area contributed by atoms with Crippen molar-refractivity contribution in [2.24, 2.45) is 15.0 Å². The number of nitrogens with zero attached hydrogens (tertiary/aromatic N) is 5. The molecule has 7 aromatic rings. The second kappa shape index (κ2) is 10.8. The van der Waals surface area contributed by atoms with Gasteiger partial charge in [0.1, 0.15) is 13.3 Å². The third-order valence-corrected chi connectivity index (χ3v) is 7.87. The molecule has 0 atom stereocenters. The number of hydrogen-bond acceptors (Lipinski definition) is 3. The van der Waals surface area contributed by atoms with Crippen molar-refractivity contribution < 1.29 is 0 Å². The van der Waals surface area contributed by atoms with Gasteiger partial charge in [0.2, 0.25) is 0 Å². The zero-order valence-corrected chi connectivity index (χ0v) is 23.2. The molecule has 2 aromatic heterocycles. The fourth-order valence-electron chi connectivity index (χ4n) is 6.01. The van der Waals surface area contributed by atoms with Crippen LogP contribution in [0.15, 0.2) is 142 Å². The van der Waals surface area contributed by atoms with E-state index in [9.17, 15) is 0 Å². The van der Waals surface area contributed by atoms with Crippen LogP contribution in [0.1, 0.15) is 11.1 Å². The summed E-state index contributed by atoms with van der Waals surface area (Å²) in [5.41, 5.74) is 8.23. The van der Waals surface area contributed by atoms with Crippen LogP contribution in [-0.2, 0) is 13.3 Å². The Morgan fingerprint density at radius 1 is 0.571 bits per heavy atom. The molecule has 5 aromatic carbocycles. The van der Waals surface area contributed by atoms with Gasteiger partial charge >= 0.3 is 0 Å². The van der Waals surface area contributed by atoms with Crippen LogP contribution in [0.2, 0.25) is 0 Å². The van der Waals surface area contributed by atoms with E-state index >= 15 is 0 Å². The Bertz CT molecular complexity index is 2160. The summed E-state index contributed by atoms with van der Waals surface area (Å²) < 4.78 is 4.58. The third kappa shape index (κ3) is 4.23. The molecular formula is C37H29N5. The maximum atomic E-state index is 5.26. The van der Waals surface area contributed by atoms with Crippen LogP contribution in [0.5, 0.6) is 0 Å². The molecule has 0 N–H and O–H groups in total. The van der Waals surface area contributed by atoms with Gasteiger partial charge in [-0.1, -0.05) is 103 Å². The lowest BCUT2D eigenvalue weighted by Gasteiger charge is -2.09. The first-order valence-corrected chi connectivity index (χ1v) is 14.0. The minimum Gasteiger partial charge on any atom is -0.320 e. The van der Waals surface area contributed by atoms with E-state index < -0.39 is 0 Å². The number of rotatable bonds is 8. The summed E-state index contributed by atoms with van der Waals surface area (Å²) in [5.74, 6) is 0. The van der Waals surface area contributed by atoms with Gasteiger partial charge in [0.15, 0.2) is 0 Å². The number of aliphatic imine (C=N–C) groups is 3. The first-order valence-electron chi connectivity index (χ1n) is 14.0. The highest BCUT2D eigenvalue weighted by Gasteiger charge is 2.19. The number of aromatic nitrogens is 2. The minimum absolute atomic E-state index is 0.433. The third-order valence-electron chi connectivity index (χ3n) is 7.87. The first-order chi connectivity index (χ1) is 20.8. The number of benzene rings is 5. The fraction of sp³-hybridized carbons (Fsp3) is 0.0541. The van der Waals surface area contributed by atoms with Gasteiger partial charge in [-0.25, -0.2) is 0 Å². The van der Waals surface area contributed by atoms with Gasteiger partial charge in [-0.15, -0.1) is 0 Å². The molecule has 0 unspecified atom stereocenters. The van der Waals surface area contributed by atoms with Crippen molar-refractivity contribution in [1.29, 1.82) is 0 Å². The van der Waals surface area contributed by atoms with Crippen LogP contribution in [0.4, 0.5) is 0 Å². The Labute approximate surface area is 244 Å². The van der Waals surface area contributed by atoms with Crippen molar-refractivity contribution in [1.82, 2.24) is 9.13 Å². The Kier molecular flexibility index (Phi) is 6.53. The normalized spacial score (nSPS) is 12.5. The Hall–Kier alpha value is -5.55. The summed E-state index contributed by atoms with van der Waals surface area (Å²) in [6, 6.07) is 41.9. The van der Waals surface area contributed by atoms with Crippen LogP contribution >= 0.6 is 0 Å². The summed E-state index contributed by atoms with van der Waals surface area (Å²) in [5, 5.41) is 4.81. The molecule has 42 heavy (non-hydrogen) atoms. The van der Waals surface area contributed by atoms with Gasteiger partial charge in [-0.05, 0) is 43.3 Å². The lowest BCUT2D eigenvalue weighted by molar-refractivity contribution is 0.793. The van der Waals surface area contributed by atoms with E-state index in [-0.39, 0.29) is 0 Å². The van der Waals surface area contributed by atoms with Crippen molar-refractivity contribution in [3.05, 3.63) is 139 Å². The molecular weight excluding hydrogens is 514 g/mol. The Morgan fingerprint density at radius 2 is 1.19 bits per heavy atom. The standard InChI is InChI=1S/C37H29N5/c1-38-24-41-34-20-12-10-18-30(34)36-35(41)22-21-29-28-17-9-11-19-33(28)42(37(29)36)25-40-32(27-15-7-4-8-16-27)23-31(39-2)26-13-5-3-6-14-26/h3-23H,1-2,24-25H2/b31-23-,40-32+. The maximum Gasteiger partial charge on any atom is 0.115 e. The predicted octanol–water partition coefficient (Wildman–Crippen LogP) is 8.75. The molecule has 0 aliphatic rings. The topological polar surface area (TPSA) is 46.9 Å². The summed E-state index contributed by atoms with van der Waals surface area (Å²) in [7, 11) is 0. The molecule has 0 aliphatic carbocycles. The van der Waals surface area contributed by atoms with Crippen molar-refractivity contribution in [3.8, 4) is 0 Å². The van der Waals surface area contributed by atoms with E-state index in [2.05, 4.69) is 105 Å². The molecule has 7 rings (SSSR count). The Balaban J connectivity index is 1.50. The SMILES string of the molecule is C=NCn1c2ccccc2c2c1ccc1c3ccccc3n(C/N=C(\C=C(/N=C)c3ccccc3)c3ccccc3)c12. The van der Waals surface area contributed by atoms with Crippen LogP contribution < -0.4 is 0 Å². The van der Waals surface area contributed by atoms with Gasteiger partial charge in [0.25, 0.3) is 0 Å². The maximum absolute atomic E-state index is 5.26. The van der Waals surface area contributed by atoms with Gasteiger partial charge in [0, 0.05) is 27.1 Å². The van der Waals surface area contributed by atoms with E-state index in [0.717, 1.165) is 44.6 Å². The molecule has 0 amide bonds. The number of para-hydroxylation sites is 2. The van der Waals surface area contributed by atoms with Gasteiger partial charge in [-0.3, -0.25) is 15.0 Å². The van der Waals surface area contributed by atoms with Crippen molar-refractivity contribution in [2.75, 3.05) is 0 Å². The molecule has 0 bridgehead atoms. The highest BCUT2D eigenvalue weighted by atomic mass is 15.1. The smallest absolute Gasteiger partial charge is 0.115 e. The molecule has 202 valence electrons. The van der Waals surface area contributed by atoms with Crippen molar-refractivity contribution in [2.45, 2.75) is 13.3 Å². The summed E-state index contributed by atoms with van der Waals surface area (Å²) in [6.07, 6.45) is 2.03. The highest BCUT2D eigenvalue weighted by molar-refractivity contribution is 6.25. The van der Waals surface area contributed by atoms with Crippen LogP contribution in [0.25, 0.3) is 49.3 Å². The average Bonchev–Trinajstić information content (AvgIpc) is 3.55. The van der Waals surface area contributed by atoms with E-state index in [1.165, 1.54) is 21.5 Å². The quantitative estimate of drug-likeness (QED) is 0.172. The van der Waals surface area contributed by atoms with Gasteiger partial charge in [0.05, 0.1) is 33.5 Å². The largest absolute Gasteiger partial charge is 0.320 e. The fourth-order valence-corrected chi connectivity index (χ4v) is 6.01. The van der Waals surface area contributed by atoms with E-state index in [1.807, 2.05) is 54.6 Å². The number of fused-ring (bicyclic) bond motifs is 7. The number of hydrogen-bond donors (Lipinski definition) is 0. The van der Waals surface area contributed by atoms with Crippen molar-refractivity contribution in [3.63, 3.8) is 0 Å².